The molecule has 0 fully saturated rings. The van der Waals surface area contributed by atoms with Gasteiger partial charge in [-0.2, -0.15) is 0 Å². The molecule has 0 heterocycles. The van der Waals surface area contributed by atoms with Gasteiger partial charge < -0.3 is 10.6 Å². The minimum Gasteiger partial charge on any atom is -0.351 e. The Hall–Kier alpha value is -1.79. The van der Waals surface area contributed by atoms with Crippen molar-refractivity contribution in [2.45, 2.75) is 12.8 Å². The fourth-order valence-electron chi connectivity index (χ4n) is 1.56. The van der Waals surface area contributed by atoms with Crippen LogP contribution in [0.4, 0.5) is 0 Å². The summed E-state index contributed by atoms with van der Waals surface area (Å²) in [4.78, 5) is 11.9. The summed E-state index contributed by atoms with van der Waals surface area (Å²) in [7, 11) is 1.90. The number of benzene rings is 1. The first-order valence-corrected chi connectivity index (χ1v) is 5.73. The van der Waals surface area contributed by atoms with Crippen molar-refractivity contribution in [1.82, 2.24) is 10.6 Å². The van der Waals surface area contributed by atoms with E-state index in [0.717, 1.165) is 24.1 Å². The Bertz CT molecular complexity index is 407. The molecule has 0 atom stereocenters. The highest BCUT2D eigenvalue weighted by Crippen LogP contribution is 2.09. The summed E-state index contributed by atoms with van der Waals surface area (Å²) in [6.07, 6.45) is 6.54. The van der Waals surface area contributed by atoms with E-state index >= 15 is 0 Å². The van der Waals surface area contributed by atoms with E-state index in [4.69, 9.17) is 6.42 Å². The van der Waals surface area contributed by atoms with Gasteiger partial charge in [0.25, 0.3) is 5.91 Å². The summed E-state index contributed by atoms with van der Waals surface area (Å²) in [5.41, 5.74) is 1.79. The van der Waals surface area contributed by atoms with Gasteiger partial charge in [0.1, 0.15) is 0 Å². The van der Waals surface area contributed by atoms with Crippen molar-refractivity contribution >= 4 is 5.91 Å². The van der Waals surface area contributed by atoms with E-state index in [1.165, 1.54) is 0 Å². The molecule has 0 unspecified atom stereocenters. The van der Waals surface area contributed by atoms with Gasteiger partial charge in [0.2, 0.25) is 0 Å². The molecule has 0 aromatic heterocycles. The third kappa shape index (κ3) is 4.29. The molecule has 3 heteroatoms. The largest absolute Gasteiger partial charge is 0.351 e. The number of likely N-dealkylation sites (N-methyl/N-ethyl adjacent to an activating group) is 1. The molecular formula is C14H18N2O. The van der Waals surface area contributed by atoms with E-state index in [2.05, 4.69) is 16.6 Å². The van der Waals surface area contributed by atoms with E-state index in [-0.39, 0.29) is 5.91 Å². The summed E-state index contributed by atoms with van der Waals surface area (Å²) in [5, 5.41) is 5.89. The number of hydrogen-bond acceptors (Lipinski definition) is 2. The van der Waals surface area contributed by atoms with Crippen LogP contribution in [0.3, 0.4) is 0 Å². The van der Waals surface area contributed by atoms with Gasteiger partial charge in [0, 0.05) is 18.5 Å². The maximum Gasteiger partial charge on any atom is 0.251 e. The number of carbonyl (C=O) groups is 1. The lowest BCUT2D eigenvalue weighted by molar-refractivity contribution is 0.0953. The first-order chi connectivity index (χ1) is 8.29. The van der Waals surface area contributed by atoms with Crippen molar-refractivity contribution in [2.24, 2.45) is 0 Å². The quantitative estimate of drug-likeness (QED) is 0.569. The Kier molecular flexibility index (Phi) is 5.84. The highest BCUT2D eigenvalue weighted by Gasteiger charge is 2.09. The van der Waals surface area contributed by atoms with Crippen LogP contribution in [0.1, 0.15) is 22.3 Å². The predicted molar refractivity (Wildman–Crippen MR) is 69.9 cm³/mol. The van der Waals surface area contributed by atoms with Gasteiger partial charge in [-0.1, -0.05) is 18.2 Å². The molecule has 0 aliphatic heterocycles. The topological polar surface area (TPSA) is 41.1 Å². The van der Waals surface area contributed by atoms with Crippen molar-refractivity contribution in [1.29, 1.82) is 0 Å². The summed E-state index contributed by atoms with van der Waals surface area (Å²) >= 11 is 0. The zero-order valence-corrected chi connectivity index (χ0v) is 10.1. The number of terminal acetylenes is 1. The number of carbonyl (C=O) groups excluding carboxylic acids is 1. The van der Waals surface area contributed by atoms with Crippen LogP contribution in [0.25, 0.3) is 0 Å². The summed E-state index contributed by atoms with van der Waals surface area (Å²) in [6.45, 7) is 1.38. The molecule has 1 rings (SSSR count). The van der Waals surface area contributed by atoms with Crippen LogP contribution in [-0.2, 0) is 6.42 Å². The smallest absolute Gasteiger partial charge is 0.251 e. The Morgan fingerprint density at radius 3 is 2.82 bits per heavy atom. The highest BCUT2D eigenvalue weighted by molar-refractivity contribution is 5.95. The van der Waals surface area contributed by atoms with Gasteiger partial charge in [-0.05, 0) is 31.6 Å². The minimum absolute atomic E-state index is 0.0491. The molecule has 90 valence electrons. The van der Waals surface area contributed by atoms with Crippen molar-refractivity contribution in [3.63, 3.8) is 0 Å². The average molecular weight is 230 g/mol. The first kappa shape index (κ1) is 13.3. The zero-order valence-electron chi connectivity index (χ0n) is 10.1. The van der Waals surface area contributed by atoms with Gasteiger partial charge in [0.05, 0.1) is 0 Å². The van der Waals surface area contributed by atoms with Gasteiger partial charge in [-0.15, -0.1) is 12.3 Å². The number of hydrogen-bond donors (Lipinski definition) is 2. The van der Waals surface area contributed by atoms with Gasteiger partial charge in [-0.25, -0.2) is 0 Å². The van der Waals surface area contributed by atoms with Crippen LogP contribution in [0.15, 0.2) is 24.3 Å². The molecule has 0 aliphatic rings. The second kappa shape index (κ2) is 7.48. The van der Waals surface area contributed by atoms with Crippen molar-refractivity contribution in [3.05, 3.63) is 35.4 Å². The third-order valence-electron chi connectivity index (χ3n) is 2.46. The second-order valence-electron chi connectivity index (χ2n) is 3.72. The highest BCUT2D eigenvalue weighted by atomic mass is 16.1. The molecule has 0 saturated heterocycles. The fraction of sp³-hybridized carbons (Fsp3) is 0.357. The molecule has 0 aliphatic carbocycles. The van der Waals surface area contributed by atoms with Gasteiger partial charge in [0.15, 0.2) is 0 Å². The monoisotopic (exact) mass is 230 g/mol. The van der Waals surface area contributed by atoms with Crippen molar-refractivity contribution in [2.75, 3.05) is 20.1 Å². The molecule has 0 spiro atoms. The Morgan fingerprint density at radius 2 is 2.12 bits per heavy atom. The van der Waals surface area contributed by atoms with E-state index in [0.29, 0.717) is 13.0 Å². The van der Waals surface area contributed by atoms with Crippen LogP contribution < -0.4 is 10.6 Å². The summed E-state index contributed by atoms with van der Waals surface area (Å²) < 4.78 is 0. The van der Waals surface area contributed by atoms with E-state index in [1.807, 2.05) is 31.3 Å². The maximum absolute atomic E-state index is 11.9. The van der Waals surface area contributed by atoms with E-state index < -0.39 is 0 Å². The third-order valence-corrected chi connectivity index (χ3v) is 2.46. The molecule has 0 bridgehead atoms. The second-order valence-corrected chi connectivity index (χ2v) is 3.72. The SMILES string of the molecule is C#CCCNC(=O)c1ccccc1CCNC. The van der Waals surface area contributed by atoms with E-state index in [1.54, 1.807) is 0 Å². The first-order valence-electron chi connectivity index (χ1n) is 5.73. The average Bonchev–Trinajstić information content (AvgIpc) is 2.37. The minimum atomic E-state index is -0.0491. The Labute approximate surface area is 103 Å². The molecule has 17 heavy (non-hydrogen) atoms. The molecule has 1 aromatic rings. The molecule has 3 nitrogen and oxygen atoms in total. The Balaban J connectivity index is 2.68. The molecule has 0 radical (unpaired) electrons. The van der Waals surface area contributed by atoms with Crippen molar-refractivity contribution in [3.8, 4) is 12.3 Å². The van der Waals surface area contributed by atoms with Crippen molar-refractivity contribution < 1.29 is 4.79 Å². The predicted octanol–water partition coefficient (Wildman–Crippen LogP) is 1.20. The summed E-state index contributed by atoms with van der Waals surface area (Å²) in [5.74, 6) is 2.45. The van der Waals surface area contributed by atoms with Crippen LogP contribution >= 0.6 is 0 Å². The van der Waals surface area contributed by atoms with Crippen LogP contribution in [0, 0.1) is 12.3 Å². The Morgan fingerprint density at radius 1 is 1.35 bits per heavy atom. The fourth-order valence-corrected chi connectivity index (χ4v) is 1.56. The molecule has 1 aromatic carbocycles. The molecular weight excluding hydrogens is 212 g/mol. The van der Waals surface area contributed by atoms with Crippen LogP contribution in [0.2, 0.25) is 0 Å². The molecule has 2 N–H and O–H groups in total. The standard InChI is InChI=1S/C14H18N2O/c1-3-4-10-16-14(17)13-8-6-5-7-12(13)9-11-15-2/h1,5-8,15H,4,9-11H2,2H3,(H,16,17). The molecule has 0 saturated carbocycles. The van der Waals surface area contributed by atoms with E-state index in [9.17, 15) is 4.79 Å². The zero-order chi connectivity index (χ0) is 12.5. The number of rotatable bonds is 6. The lowest BCUT2D eigenvalue weighted by atomic mass is 10.0. The van der Waals surface area contributed by atoms with Gasteiger partial charge in [-0.3, -0.25) is 4.79 Å². The maximum atomic E-state index is 11.9. The lowest BCUT2D eigenvalue weighted by Gasteiger charge is -2.09. The normalized spacial score (nSPS) is 9.65. The van der Waals surface area contributed by atoms with Crippen LogP contribution in [0.5, 0.6) is 0 Å². The lowest BCUT2D eigenvalue weighted by Crippen LogP contribution is -2.25. The number of amides is 1. The number of nitrogens with one attached hydrogen (secondary N) is 2. The molecule has 1 amide bonds. The summed E-state index contributed by atoms with van der Waals surface area (Å²) in [6, 6.07) is 7.64. The van der Waals surface area contributed by atoms with Crippen LogP contribution in [-0.4, -0.2) is 26.0 Å². The van der Waals surface area contributed by atoms with Gasteiger partial charge >= 0.3 is 0 Å².